The van der Waals surface area contributed by atoms with Gasteiger partial charge in [0, 0.05) is 11.6 Å². The minimum Gasteiger partial charge on any atom is -0.348 e. The molecule has 1 amide bonds. The summed E-state index contributed by atoms with van der Waals surface area (Å²) in [5, 5.41) is 2.40. The normalized spacial score (nSPS) is 11.3. The van der Waals surface area contributed by atoms with Gasteiger partial charge in [0.05, 0.1) is 0 Å². The number of rotatable bonds is 4. The SMILES string of the molecule is O=C(NCCCc1cccc(Cl)c1)C(F)(F)F. The van der Waals surface area contributed by atoms with E-state index in [1.54, 1.807) is 18.2 Å². The quantitative estimate of drug-likeness (QED) is 0.833. The molecule has 0 heterocycles. The van der Waals surface area contributed by atoms with Crippen LogP contribution in [-0.4, -0.2) is 18.6 Å². The van der Waals surface area contributed by atoms with Crippen LogP contribution in [0.5, 0.6) is 0 Å². The predicted molar refractivity (Wildman–Crippen MR) is 58.8 cm³/mol. The highest BCUT2D eigenvalue weighted by Gasteiger charge is 2.38. The molecule has 1 N–H and O–H groups in total. The summed E-state index contributed by atoms with van der Waals surface area (Å²) >= 11 is 5.75. The molecule has 0 spiro atoms. The molecule has 0 bridgehead atoms. The van der Waals surface area contributed by atoms with Gasteiger partial charge in [-0.15, -0.1) is 0 Å². The summed E-state index contributed by atoms with van der Waals surface area (Å²) in [6.07, 6.45) is -3.81. The molecule has 94 valence electrons. The molecule has 0 fully saturated rings. The molecule has 17 heavy (non-hydrogen) atoms. The average molecular weight is 266 g/mol. The highest BCUT2D eigenvalue weighted by Crippen LogP contribution is 2.14. The Morgan fingerprint density at radius 2 is 2.06 bits per heavy atom. The first-order valence-corrected chi connectivity index (χ1v) is 5.37. The van der Waals surface area contributed by atoms with Crippen LogP contribution in [-0.2, 0) is 11.2 Å². The maximum atomic E-state index is 11.8. The number of benzene rings is 1. The first-order chi connectivity index (χ1) is 7.89. The van der Waals surface area contributed by atoms with E-state index in [4.69, 9.17) is 11.6 Å². The van der Waals surface area contributed by atoms with Crippen LogP contribution >= 0.6 is 11.6 Å². The van der Waals surface area contributed by atoms with E-state index in [-0.39, 0.29) is 6.54 Å². The van der Waals surface area contributed by atoms with Crippen molar-refractivity contribution in [2.45, 2.75) is 19.0 Å². The number of carbonyl (C=O) groups is 1. The zero-order valence-electron chi connectivity index (χ0n) is 8.85. The Hall–Kier alpha value is -1.23. The van der Waals surface area contributed by atoms with E-state index in [0.29, 0.717) is 17.9 Å². The summed E-state index contributed by atoms with van der Waals surface area (Å²) in [4.78, 5) is 10.5. The fraction of sp³-hybridized carbons (Fsp3) is 0.364. The second kappa shape index (κ2) is 5.91. The molecule has 0 radical (unpaired) electrons. The van der Waals surface area contributed by atoms with Gasteiger partial charge in [-0.25, -0.2) is 0 Å². The Kier molecular flexibility index (Phi) is 4.81. The molecule has 0 atom stereocenters. The summed E-state index contributed by atoms with van der Waals surface area (Å²) in [7, 11) is 0. The number of amides is 1. The molecule has 0 saturated carbocycles. The molecule has 0 aliphatic heterocycles. The Morgan fingerprint density at radius 3 is 2.65 bits per heavy atom. The number of alkyl halides is 3. The third kappa shape index (κ3) is 5.08. The van der Waals surface area contributed by atoms with Crippen molar-refractivity contribution in [2.24, 2.45) is 0 Å². The molecule has 0 unspecified atom stereocenters. The second-order valence-corrected chi connectivity index (χ2v) is 3.92. The van der Waals surface area contributed by atoms with Crippen LogP contribution in [0, 0.1) is 0 Å². The Balaban J connectivity index is 2.28. The zero-order valence-corrected chi connectivity index (χ0v) is 9.61. The molecule has 1 aromatic rings. The first-order valence-electron chi connectivity index (χ1n) is 4.99. The van der Waals surface area contributed by atoms with Crippen molar-refractivity contribution < 1.29 is 18.0 Å². The summed E-state index contributed by atoms with van der Waals surface area (Å²) < 4.78 is 35.5. The van der Waals surface area contributed by atoms with Gasteiger partial charge in [0.1, 0.15) is 0 Å². The van der Waals surface area contributed by atoms with E-state index in [1.165, 1.54) is 0 Å². The van der Waals surface area contributed by atoms with Crippen molar-refractivity contribution in [3.8, 4) is 0 Å². The highest BCUT2D eigenvalue weighted by atomic mass is 35.5. The van der Waals surface area contributed by atoms with Crippen LogP contribution in [0.4, 0.5) is 13.2 Å². The molecule has 0 aliphatic rings. The van der Waals surface area contributed by atoms with E-state index in [1.807, 2.05) is 11.4 Å². The van der Waals surface area contributed by atoms with E-state index in [9.17, 15) is 18.0 Å². The van der Waals surface area contributed by atoms with Crippen LogP contribution in [0.2, 0.25) is 5.02 Å². The molecule has 2 nitrogen and oxygen atoms in total. The number of hydrogen-bond acceptors (Lipinski definition) is 1. The molecule has 6 heteroatoms. The maximum absolute atomic E-state index is 11.8. The Labute approximate surface area is 102 Å². The highest BCUT2D eigenvalue weighted by molar-refractivity contribution is 6.30. The van der Waals surface area contributed by atoms with Gasteiger partial charge in [-0.05, 0) is 30.5 Å². The topological polar surface area (TPSA) is 29.1 Å². The van der Waals surface area contributed by atoms with Gasteiger partial charge in [-0.2, -0.15) is 13.2 Å². The predicted octanol–water partition coefficient (Wildman–Crippen LogP) is 2.95. The van der Waals surface area contributed by atoms with Crippen LogP contribution < -0.4 is 5.32 Å². The monoisotopic (exact) mass is 265 g/mol. The fourth-order valence-corrected chi connectivity index (χ4v) is 1.50. The molecule has 1 aromatic carbocycles. The number of carbonyl (C=O) groups excluding carboxylic acids is 1. The standard InChI is InChI=1S/C11H11ClF3NO/c12-9-5-1-3-8(7-9)4-2-6-16-10(17)11(13,14)15/h1,3,5,7H,2,4,6H2,(H,16,17). The summed E-state index contributed by atoms with van der Waals surface area (Å²) in [5.41, 5.74) is 0.929. The fourth-order valence-electron chi connectivity index (χ4n) is 1.29. The molecule has 0 saturated heterocycles. The van der Waals surface area contributed by atoms with Crippen LogP contribution in [0.25, 0.3) is 0 Å². The van der Waals surface area contributed by atoms with Crippen LogP contribution in [0.1, 0.15) is 12.0 Å². The van der Waals surface area contributed by atoms with Crippen molar-refractivity contribution in [3.63, 3.8) is 0 Å². The number of nitrogens with one attached hydrogen (secondary N) is 1. The van der Waals surface area contributed by atoms with E-state index < -0.39 is 12.1 Å². The summed E-state index contributed by atoms with van der Waals surface area (Å²) in [6, 6.07) is 7.06. The molecular weight excluding hydrogens is 255 g/mol. The van der Waals surface area contributed by atoms with E-state index >= 15 is 0 Å². The third-order valence-corrected chi connectivity index (χ3v) is 2.31. The first kappa shape index (κ1) is 13.8. The molecule has 0 aliphatic carbocycles. The van der Waals surface area contributed by atoms with Gasteiger partial charge in [0.25, 0.3) is 0 Å². The average Bonchev–Trinajstić information content (AvgIpc) is 2.23. The number of aryl methyl sites for hydroxylation is 1. The number of halogens is 4. The van der Waals surface area contributed by atoms with Gasteiger partial charge in [-0.1, -0.05) is 23.7 Å². The van der Waals surface area contributed by atoms with E-state index in [0.717, 1.165) is 5.56 Å². The lowest BCUT2D eigenvalue weighted by atomic mass is 10.1. The smallest absolute Gasteiger partial charge is 0.348 e. The Morgan fingerprint density at radius 1 is 1.35 bits per heavy atom. The molecular formula is C11H11ClF3NO. The maximum Gasteiger partial charge on any atom is 0.471 e. The van der Waals surface area contributed by atoms with Crippen molar-refractivity contribution in [1.29, 1.82) is 0 Å². The third-order valence-electron chi connectivity index (χ3n) is 2.07. The lowest BCUT2D eigenvalue weighted by Crippen LogP contribution is -2.37. The summed E-state index contributed by atoms with van der Waals surface area (Å²) in [6.45, 7) is -0.00907. The van der Waals surface area contributed by atoms with Gasteiger partial charge in [0.15, 0.2) is 0 Å². The Bertz CT molecular complexity index is 393. The summed E-state index contributed by atoms with van der Waals surface area (Å²) in [5.74, 6) is -1.90. The van der Waals surface area contributed by atoms with Crippen molar-refractivity contribution >= 4 is 17.5 Å². The largest absolute Gasteiger partial charge is 0.471 e. The minimum atomic E-state index is -4.81. The number of hydrogen-bond donors (Lipinski definition) is 1. The minimum absolute atomic E-state index is 0.00907. The van der Waals surface area contributed by atoms with Gasteiger partial charge >= 0.3 is 12.1 Å². The van der Waals surface area contributed by atoms with Gasteiger partial charge in [-0.3, -0.25) is 4.79 Å². The lowest BCUT2D eigenvalue weighted by molar-refractivity contribution is -0.173. The van der Waals surface area contributed by atoms with Crippen LogP contribution in [0.3, 0.4) is 0 Å². The lowest BCUT2D eigenvalue weighted by Gasteiger charge is -2.07. The van der Waals surface area contributed by atoms with Gasteiger partial charge < -0.3 is 5.32 Å². The van der Waals surface area contributed by atoms with Crippen LogP contribution in [0.15, 0.2) is 24.3 Å². The second-order valence-electron chi connectivity index (χ2n) is 3.49. The van der Waals surface area contributed by atoms with Crippen molar-refractivity contribution in [3.05, 3.63) is 34.9 Å². The molecule has 0 aromatic heterocycles. The van der Waals surface area contributed by atoms with Crippen molar-refractivity contribution in [1.82, 2.24) is 5.32 Å². The zero-order chi connectivity index (χ0) is 12.9. The van der Waals surface area contributed by atoms with Gasteiger partial charge in [0.2, 0.25) is 0 Å². The molecule has 1 rings (SSSR count). The van der Waals surface area contributed by atoms with E-state index in [2.05, 4.69) is 0 Å². The van der Waals surface area contributed by atoms with Crippen molar-refractivity contribution in [2.75, 3.05) is 6.54 Å².